The molecule has 0 fully saturated rings. The highest BCUT2D eigenvalue weighted by atomic mass is 15.2. The zero-order valence-electron chi connectivity index (χ0n) is 30.1. The van der Waals surface area contributed by atoms with Gasteiger partial charge >= 0.3 is 0 Å². The van der Waals surface area contributed by atoms with Crippen molar-refractivity contribution in [1.29, 1.82) is 0 Å². The number of hydrogen-bond donors (Lipinski definition) is 0. The van der Waals surface area contributed by atoms with E-state index in [4.69, 9.17) is 15.0 Å². The van der Waals surface area contributed by atoms with Gasteiger partial charge in [-0.1, -0.05) is 140 Å². The molecule has 0 aliphatic rings. The monoisotopic (exact) mass is 713 g/mol. The minimum absolute atomic E-state index is 0.588. The van der Waals surface area contributed by atoms with Crippen molar-refractivity contribution in [3.8, 4) is 45.5 Å². The molecule has 12 rings (SSSR count). The summed E-state index contributed by atoms with van der Waals surface area (Å²) < 4.78 is 4.62. The van der Waals surface area contributed by atoms with Gasteiger partial charge in [0.25, 0.3) is 0 Å². The second-order valence-corrected chi connectivity index (χ2v) is 14.4. The lowest BCUT2D eigenvalue weighted by molar-refractivity contribution is 0.954. The Morgan fingerprint density at radius 1 is 0.286 bits per heavy atom. The fraction of sp³-hybridized carbons (Fsp3) is 0. The first-order valence-corrected chi connectivity index (χ1v) is 19.0. The minimum atomic E-state index is 0.588. The molecule has 0 radical (unpaired) electrons. The van der Waals surface area contributed by atoms with E-state index in [9.17, 15) is 0 Å². The Morgan fingerprint density at radius 2 is 0.821 bits per heavy atom. The normalized spacial score (nSPS) is 11.9. The van der Waals surface area contributed by atoms with Gasteiger partial charge in [0, 0.05) is 38.4 Å². The van der Waals surface area contributed by atoms with Gasteiger partial charge in [-0.3, -0.25) is 4.57 Å². The molecular formula is C51H31N5. The molecule has 12 aromatic rings. The van der Waals surface area contributed by atoms with Crippen molar-refractivity contribution in [3.63, 3.8) is 0 Å². The quantitative estimate of drug-likeness (QED) is 0.167. The molecule has 0 aliphatic heterocycles. The third-order valence-electron chi connectivity index (χ3n) is 11.3. The van der Waals surface area contributed by atoms with E-state index in [1.54, 1.807) is 0 Å². The molecule has 0 saturated heterocycles. The van der Waals surface area contributed by atoms with Gasteiger partial charge < -0.3 is 4.57 Å². The summed E-state index contributed by atoms with van der Waals surface area (Å²) in [6.07, 6.45) is 0. The number of para-hydroxylation sites is 2. The van der Waals surface area contributed by atoms with Crippen LogP contribution in [0.1, 0.15) is 0 Å². The summed E-state index contributed by atoms with van der Waals surface area (Å²) in [4.78, 5) is 15.5. The van der Waals surface area contributed by atoms with Crippen LogP contribution in [-0.2, 0) is 0 Å². The van der Waals surface area contributed by atoms with Gasteiger partial charge in [-0.25, -0.2) is 4.98 Å². The molecular weight excluding hydrogens is 683 g/mol. The number of rotatable bonds is 5. The average molecular weight is 714 g/mol. The van der Waals surface area contributed by atoms with Crippen LogP contribution in [0.3, 0.4) is 0 Å². The lowest BCUT2D eigenvalue weighted by atomic mass is 9.92. The Hall–Kier alpha value is -7.63. The maximum atomic E-state index is 5.25. The van der Waals surface area contributed by atoms with Gasteiger partial charge in [0.15, 0.2) is 11.6 Å². The highest BCUT2D eigenvalue weighted by Gasteiger charge is 2.24. The van der Waals surface area contributed by atoms with Crippen molar-refractivity contribution in [2.45, 2.75) is 0 Å². The number of aromatic nitrogens is 5. The van der Waals surface area contributed by atoms with E-state index >= 15 is 0 Å². The Morgan fingerprint density at radius 3 is 1.54 bits per heavy atom. The molecule has 9 aromatic carbocycles. The van der Waals surface area contributed by atoms with Crippen molar-refractivity contribution in [2.24, 2.45) is 0 Å². The first-order valence-electron chi connectivity index (χ1n) is 19.0. The molecule has 3 heterocycles. The molecule has 0 bridgehead atoms. The van der Waals surface area contributed by atoms with Crippen LogP contribution < -0.4 is 0 Å². The number of fused-ring (bicyclic) bond motifs is 6. The van der Waals surface area contributed by atoms with Crippen LogP contribution in [-0.4, -0.2) is 24.1 Å². The highest BCUT2D eigenvalue weighted by molar-refractivity contribution is 6.35. The van der Waals surface area contributed by atoms with Crippen LogP contribution in [0, 0.1) is 0 Å². The minimum Gasteiger partial charge on any atom is -0.309 e. The fourth-order valence-electron chi connectivity index (χ4n) is 8.86. The van der Waals surface area contributed by atoms with Gasteiger partial charge in [-0.2, -0.15) is 9.97 Å². The summed E-state index contributed by atoms with van der Waals surface area (Å²) in [5.41, 5.74) is 9.81. The largest absolute Gasteiger partial charge is 0.309 e. The zero-order chi connectivity index (χ0) is 36.7. The van der Waals surface area contributed by atoms with E-state index in [0.29, 0.717) is 17.6 Å². The predicted octanol–water partition coefficient (Wildman–Crippen LogP) is 12.8. The topological polar surface area (TPSA) is 48.5 Å². The van der Waals surface area contributed by atoms with Gasteiger partial charge in [-0.05, 0) is 81.2 Å². The lowest BCUT2D eigenvalue weighted by Gasteiger charge is -2.12. The first-order chi connectivity index (χ1) is 27.8. The third kappa shape index (κ3) is 4.52. The van der Waals surface area contributed by atoms with Crippen LogP contribution >= 0.6 is 0 Å². The molecule has 3 aromatic heterocycles. The molecule has 0 atom stereocenters. The van der Waals surface area contributed by atoms with Crippen LogP contribution in [0.2, 0.25) is 0 Å². The maximum Gasteiger partial charge on any atom is 0.238 e. The van der Waals surface area contributed by atoms with Crippen molar-refractivity contribution in [1.82, 2.24) is 24.1 Å². The SMILES string of the molecule is c1ccc(-c2nc(-c3ccccc3)nc(-n3c4cccc5c6ccccc6c6cc(-c7ccc8c(c7)c7ccccc7n8-c7ccccc7)cc3c6c54)n2)cc1. The van der Waals surface area contributed by atoms with Crippen molar-refractivity contribution < 1.29 is 0 Å². The molecule has 0 amide bonds. The van der Waals surface area contributed by atoms with Gasteiger partial charge in [0.1, 0.15) is 0 Å². The molecule has 260 valence electrons. The summed E-state index contributed by atoms with van der Waals surface area (Å²) in [7, 11) is 0. The van der Waals surface area contributed by atoms with Crippen LogP contribution in [0.5, 0.6) is 0 Å². The summed E-state index contributed by atoms with van der Waals surface area (Å²) in [5, 5.41) is 9.76. The van der Waals surface area contributed by atoms with Gasteiger partial charge in [0.05, 0.1) is 22.1 Å². The summed E-state index contributed by atoms with van der Waals surface area (Å²) in [6.45, 7) is 0. The zero-order valence-corrected chi connectivity index (χ0v) is 30.1. The first kappa shape index (κ1) is 30.8. The lowest BCUT2D eigenvalue weighted by Crippen LogP contribution is -2.06. The van der Waals surface area contributed by atoms with E-state index < -0.39 is 0 Å². The van der Waals surface area contributed by atoms with Gasteiger partial charge in [0.2, 0.25) is 5.95 Å². The van der Waals surface area contributed by atoms with Crippen LogP contribution in [0.15, 0.2) is 188 Å². The molecule has 56 heavy (non-hydrogen) atoms. The van der Waals surface area contributed by atoms with E-state index in [1.165, 1.54) is 54.1 Å². The van der Waals surface area contributed by atoms with E-state index in [2.05, 4.69) is 161 Å². The molecule has 0 unspecified atom stereocenters. The summed E-state index contributed by atoms with van der Waals surface area (Å²) in [6, 6.07) is 66.8. The van der Waals surface area contributed by atoms with Crippen LogP contribution in [0.4, 0.5) is 0 Å². The molecule has 5 heteroatoms. The molecule has 5 nitrogen and oxygen atoms in total. The molecule has 0 aliphatic carbocycles. The van der Waals surface area contributed by atoms with Gasteiger partial charge in [-0.15, -0.1) is 0 Å². The van der Waals surface area contributed by atoms with E-state index in [0.717, 1.165) is 39.0 Å². The summed E-state index contributed by atoms with van der Waals surface area (Å²) in [5.74, 6) is 1.86. The second-order valence-electron chi connectivity index (χ2n) is 14.4. The number of nitrogens with zero attached hydrogens (tertiary/aromatic N) is 5. The highest BCUT2D eigenvalue weighted by Crippen LogP contribution is 2.46. The molecule has 0 saturated carbocycles. The molecule has 0 spiro atoms. The Balaban J connectivity index is 1.18. The summed E-state index contributed by atoms with van der Waals surface area (Å²) >= 11 is 0. The van der Waals surface area contributed by atoms with Crippen molar-refractivity contribution in [2.75, 3.05) is 0 Å². The number of benzene rings is 9. The van der Waals surface area contributed by atoms with Crippen LogP contribution in [0.25, 0.3) is 111 Å². The predicted molar refractivity (Wildman–Crippen MR) is 231 cm³/mol. The van der Waals surface area contributed by atoms with E-state index in [-0.39, 0.29) is 0 Å². The Bertz CT molecular complexity index is 3400. The second kappa shape index (κ2) is 11.9. The standard InChI is InChI=1S/C51H31N5/c1-4-15-32(16-5-1)49-52-50(33-17-6-2-7-18-33)54-51(53-49)56-45-26-14-24-40-37-21-10-11-22-38(37)42-30-35(31-46(56)48(42)47(40)45)34-27-28-44-41(29-34)39-23-12-13-25-43(39)55(44)36-19-8-3-9-20-36/h1-31H. The average Bonchev–Trinajstić information content (AvgIpc) is 3.79. The third-order valence-corrected chi connectivity index (χ3v) is 11.3. The van der Waals surface area contributed by atoms with Crippen molar-refractivity contribution >= 4 is 65.2 Å². The Kier molecular flexibility index (Phi) is 6.56. The fourth-order valence-corrected chi connectivity index (χ4v) is 8.86. The maximum absolute atomic E-state index is 5.25. The van der Waals surface area contributed by atoms with Crippen molar-refractivity contribution in [3.05, 3.63) is 188 Å². The smallest absolute Gasteiger partial charge is 0.238 e. The number of hydrogen-bond acceptors (Lipinski definition) is 3. The molecule has 0 N–H and O–H groups in total. The Labute approximate surface area is 321 Å². The van der Waals surface area contributed by atoms with E-state index in [1.807, 2.05) is 36.4 Å².